The van der Waals surface area contributed by atoms with E-state index >= 15 is 0 Å². The van der Waals surface area contributed by atoms with Crippen molar-refractivity contribution in [1.82, 2.24) is 9.29 Å². The van der Waals surface area contributed by atoms with Crippen LogP contribution in [0.3, 0.4) is 0 Å². The van der Waals surface area contributed by atoms with E-state index in [9.17, 15) is 21.6 Å². The van der Waals surface area contributed by atoms with Gasteiger partial charge < -0.3 is 4.90 Å². The van der Waals surface area contributed by atoms with Crippen LogP contribution < -0.4 is 4.90 Å². The van der Waals surface area contributed by atoms with Crippen molar-refractivity contribution in [2.24, 2.45) is 0 Å². The molecule has 0 saturated carbocycles. The number of pyridine rings is 1. The van der Waals surface area contributed by atoms with E-state index in [1.165, 1.54) is 10.4 Å². The second-order valence-electron chi connectivity index (χ2n) is 6.17. The molecule has 150 valence electrons. The Morgan fingerprint density at radius 2 is 1.71 bits per heavy atom. The summed E-state index contributed by atoms with van der Waals surface area (Å²) in [6.07, 6.45) is -2.27. The topological polar surface area (TPSA) is 53.5 Å². The van der Waals surface area contributed by atoms with Gasteiger partial charge in [0, 0.05) is 37.8 Å². The summed E-state index contributed by atoms with van der Waals surface area (Å²) in [5, 5.41) is 1.04. The lowest BCUT2D eigenvalue weighted by atomic mass is 10.2. The van der Waals surface area contributed by atoms with E-state index in [2.05, 4.69) is 4.98 Å². The molecule has 10 heteroatoms. The van der Waals surface area contributed by atoms with Gasteiger partial charge in [0.15, 0.2) is 0 Å². The average molecular weight is 432 g/mol. The van der Waals surface area contributed by atoms with Crippen molar-refractivity contribution in [2.45, 2.75) is 6.18 Å². The number of alkyl halides is 3. The fraction of sp³-hybridized carbons (Fsp3) is 0.278. The summed E-state index contributed by atoms with van der Waals surface area (Å²) in [5.41, 5.74) is -0.154. The molecule has 1 fully saturated rings. The standard InChI is InChI=1S/C18H17ClF3N3O2S/c19-16-12-15(18(20,21)22)13-23-17(16)24-7-9-25(10-8-24)28(26,27)11-6-14-4-2-1-3-5-14/h1-6,11-13H,7-10H2/b11-6+. The third-order valence-corrected chi connectivity index (χ3v) is 6.12. The smallest absolute Gasteiger partial charge is 0.353 e. The Kier molecular flexibility index (Phi) is 5.97. The number of benzene rings is 1. The molecule has 2 heterocycles. The number of piperazine rings is 1. The number of halogens is 4. The third kappa shape index (κ3) is 4.84. The summed E-state index contributed by atoms with van der Waals surface area (Å²) < 4.78 is 64.5. The van der Waals surface area contributed by atoms with Crippen molar-refractivity contribution < 1.29 is 21.6 Å². The maximum atomic E-state index is 12.7. The first-order valence-corrected chi connectivity index (χ1v) is 10.3. The van der Waals surface area contributed by atoms with Crippen LogP contribution in [0.25, 0.3) is 6.08 Å². The maximum absolute atomic E-state index is 12.7. The molecule has 1 aliphatic heterocycles. The van der Waals surface area contributed by atoms with Crippen LogP contribution >= 0.6 is 11.6 Å². The zero-order valence-corrected chi connectivity index (χ0v) is 16.2. The van der Waals surface area contributed by atoms with Crippen molar-refractivity contribution in [3.8, 4) is 0 Å². The highest BCUT2D eigenvalue weighted by Crippen LogP contribution is 2.33. The van der Waals surface area contributed by atoms with Gasteiger partial charge in [-0.1, -0.05) is 41.9 Å². The third-order valence-electron chi connectivity index (χ3n) is 4.28. The Morgan fingerprint density at radius 3 is 2.29 bits per heavy atom. The van der Waals surface area contributed by atoms with Crippen molar-refractivity contribution in [2.75, 3.05) is 31.1 Å². The summed E-state index contributed by atoms with van der Waals surface area (Å²) in [6.45, 7) is 0.911. The lowest BCUT2D eigenvalue weighted by molar-refractivity contribution is -0.137. The van der Waals surface area contributed by atoms with Crippen LogP contribution in [0.4, 0.5) is 19.0 Å². The zero-order chi connectivity index (χ0) is 20.4. The first-order chi connectivity index (χ1) is 13.2. The number of sulfonamides is 1. The molecule has 28 heavy (non-hydrogen) atoms. The van der Waals surface area contributed by atoms with Gasteiger partial charge in [-0.25, -0.2) is 13.4 Å². The number of hydrogen-bond acceptors (Lipinski definition) is 4. The van der Waals surface area contributed by atoms with E-state index in [-0.39, 0.29) is 37.0 Å². The molecule has 0 bridgehead atoms. The molecular formula is C18H17ClF3N3O2S. The average Bonchev–Trinajstić information content (AvgIpc) is 2.67. The highest BCUT2D eigenvalue weighted by molar-refractivity contribution is 7.92. The fourth-order valence-corrected chi connectivity index (χ4v) is 4.25. The molecule has 3 rings (SSSR count). The first kappa shape index (κ1) is 20.6. The molecule has 5 nitrogen and oxygen atoms in total. The van der Waals surface area contributed by atoms with E-state index in [1.54, 1.807) is 17.0 Å². The Balaban J connectivity index is 1.66. The van der Waals surface area contributed by atoms with E-state index in [1.807, 2.05) is 18.2 Å². The van der Waals surface area contributed by atoms with E-state index in [0.717, 1.165) is 23.2 Å². The first-order valence-electron chi connectivity index (χ1n) is 8.38. The molecular weight excluding hydrogens is 415 g/mol. The second kappa shape index (κ2) is 8.10. The Labute approximate surface area is 166 Å². The molecule has 1 aromatic carbocycles. The molecule has 0 amide bonds. The normalized spacial score (nSPS) is 16.6. The number of nitrogens with zero attached hydrogens (tertiary/aromatic N) is 3. The summed E-state index contributed by atoms with van der Waals surface area (Å²) in [5.74, 6) is 0.214. The summed E-state index contributed by atoms with van der Waals surface area (Å²) >= 11 is 5.97. The molecule has 0 atom stereocenters. The van der Waals surface area contributed by atoms with Crippen molar-refractivity contribution in [3.05, 3.63) is 64.2 Å². The molecule has 0 aliphatic carbocycles. The fourth-order valence-electron chi connectivity index (χ4n) is 2.79. The monoisotopic (exact) mass is 431 g/mol. The van der Waals surface area contributed by atoms with Gasteiger partial charge in [-0.05, 0) is 17.7 Å². The summed E-state index contributed by atoms with van der Waals surface area (Å²) in [4.78, 5) is 5.50. The van der Waals surface area contributed by atoms with Crippen LogP contribution in [0, 0.1) is 0 Å². The summed E-state index contributed by atoms with van der Waals surface area (Å²) in [7, 11) is -3.60. The number of rotatable bonds is 4. The minimum atomic E-state index is -4.52. The predicted octanol–water partition coefficient (Wildman–Crippen LogP) is 3.88. The maximum Gasteiger partial charge on any atom is 0.417 e. The quantitative estimate of drug-likeness (QED) is 0.737. The number of aromatic nitrogens is 1. The van der Waals surface area contributed by atoms with Gasteiger partial charge in [-0.2, -0.15) is 17.5 Å². The molecule has 0 spiro atoms. The molecule has 1 saturated heterocycles. The molecule has 1 aromatic heterocycles. The van der Waals surface area contributed by atoms with Crippen LogP contribution in [0.1, 0.15) is 11.1 Å². The van der Waals surface area contributed by atoms with Gasteiger partial charge in [0.1, 0.15) is 5.82 Å². The van der Waals surface area contributed by atoms with Crippen LogP contribution in [0.5, 0.6) is 0 Å². The molecule has 0 N–H and O–H groups in total. The SMILES string of the molecule is O=S(=O)(/C=C/c1ccccc1)N1CCN(c2ncc(C(F)(F)F)cc2Cl)CC1. The number of anilines is 1. The number of hydrogen-bond donors (Lipinski definition) is 0. The van der Waals surface area contributed by atoms with Crippen LogP contribution in [0.15, 0.2) is 48.0 Å². The molecule has 1 aliphatic rings. The van der Waals surface area contributed by atoms with Gasteiger partial charge >= 0.3 is 6.18 Å². The zero-order valence-electron chi connectivity index (χ0n) is 14.6. The van der Waals surface area contributed by atoms with Crippen molar-refractivity contribution in [3.63, 3.8) is 0 Å². The summed E-state index contributed by atoms with van der Waals surface area (Å²) in [6, 6.07) is 9.88. The second-order valence-corrected chi connectivity index (χ2v) is 8.40. The van der Waals surface area contributed by atoms with E-state index in [4.69, 9.17) is 11.6 Å². The molecule has 0 unspecified atom stereocenters. The minimum absolute atomic E-state index is 0.116. The lowest BCUT2D eigenvalue weighted by Gasteiger charge is -2.34. The van der Waals surface area contributed by atoms with Gasteiger partial charge in [0.05, 0.1) is 10.6 Å². The van der Waals surface area contributed by atoms with E-state index < -0.39 is 21.8 Å². The lowest BCUT2D eigenvalue weighted by Crippen LogP contribution is -2.48. The van der Waals surface area contributed by atoms with Gasteiger partial charge in [-0.15, -0.1) is 0 Å². The largest absolute Gasteiger partial charge is 0.417 e. The van der Waals surface area contributed by atoms with Crippen molar-refractivity contribution >= 4 is 33.5 Å². The van der Waals surface area contributed by atoms with Crippen LogP contribution in [-0.4, -0.2) is 43.9 Å². The highest BCUT2D eigenvalue weighted by atomic mass is 35.5. The minimum Gasteiger partial charge on any atom is -0.353 e. The van der Waals surface area contributed by atoms with Gasteiger partial charge in [0.2, 0.25) is 10.0 Å². The Hall–Kier alpha value is -2.10. The van der Waals surface area contributed by atoms with Gasteiger partial charge in [-0.3, -0.25) is 0 Å². The van der Waals surface area contributed by atoms with Crippen LogP contribution in [-0.2, 0) is 16.2 Å². The Morgan fingerprint density at radius 1 is 1.07 bits per heavy atom. The van der Waals surface area contributed by atoms with Crippen molar-refractivity contribution in [1.29, 1.82) is 0 Å². The van der Waals surface area contributed by atoms with Crippen LogP contribution in [0.2, 0.25) is 5.02 Å². The molecule has 0 radical (unpaired) electrons. The van der Waals surface area contributed by atoms with E-state index in [0.29, 0.717) is 0 Å². The molecule has 2 aromatic rings. The predicted molar refractivity (Wildman–Crippen MR) is 102 cm³/mol. The highest BCUT2D eigenvalue weighted by Gasteiger charge is 2.33. The van der Waals surface area contributed by atoms with Gasteiger partial charge in [0.25, 0.3) is 0 Å². The Bertz CT molecular complexity index is 958.